The summed E-state index contributed by atoms with van der Waals surface area (Å²) in [6.45, 7) is 3.45. The van der Waals surface area contributed by atoms with E-state index in [0.29, 0.717) is 11.4 Å². The number of anilines is 1. The summed E-state index contributed by atoms with van der Waals surface area (Å²) in [6.07, 6.45) is -0.680. The van der Waals surface area contributed by atoms with Crippen LogP contribution in [0.1, 0.15) is 12.5 Å². The van der Waals surface area contributed by atoms with Gasteiger partial charge in [0.2, 0.25) is 0 Å². The summed E-state index contributed by atoms with van der Waals surface area (Å²) in [5.41, 5.74) is 1.28. The Morgan fingerprint density at radius 1 is 1.23 bits per heavy atom. The summed E-state index contributed by atoms with van der Waals surface area (Å²) >= 11 is 6.75. The van der Waals surface area contributed by atoms with E-state index in [1.165, 1.54) is 6.07 Å². The van der Waals surface area contributed by atoms with Crippen molar-refractivity contribution in [3.63, 3.8) is 0 Å². The molecule has 0 aromatic heterocycles. The molecule has 0 spiro atoms. The third kappa shape index (κ3) is 4.24. The van der Waals surface area contributed by atoms with Crippen molar-refractivity contribution in [2.45, 2.75) is 20.0 Å². The molecular weight excluding hydrogens is 414 g/mol. The molecule has 0 aliphatic heterocycles. The lowest BCUT2D eigenvalue weighted by Gasteiger charge is -2.16. The molecule has 0 radical (unpaired) electrons. The first-order chi connectivity index (χ1) is 10.4. The van der Waals surface area contributed by atoms with E-state index in [1.54, 1.807) is 32.0 Å². The lowest BCUT2D eigenvalue weighted by atomic mass is 10.2. The van der Waals surface area contributed by atoms with Crippen LogP contribution in [-0.4, -0.2) is 17.1 Å². The van der Waals surface area contributed by atoms with Crippen LogP contribution in [0.15, 0.2) is 45.3 Å². The monoisotopic (exact) mass is 427 g/mol. The van der Waals surface area contributed by atoms with Crippen molar-refractivity contribution >= 4 is 43.5 Å². The quantitative estimate of drug-likeness (QED) is 0.746. The number of phenolic OH excluding ortho intramolecular Hbond substituents is 1. The topological polar surface area (TPSA) is 58.6 Å². The van der Waals surface area contributed by atoms with Crippen molar-refractivity contribution < 1.29 is 14.6 Å². The Hall–Kier alpha value is -1.53. The van der Waals surface area contributed by atoms with E-state index in [9.17, 15) is 9.90 Å². The van der Waals surface area contributed by atoms with Crippen molar-refractivity contribution in [1.82, 2.24) is 0 Å². The van der Waals surface area contributed by atoms with Gasteiger partial charge >= 0.3 is 0 Å². The first kappa shape index (κ1) is 16.8. The molecule has 2 aromatic carbocycles. The third-order valence-electron chi connectivity index (χ3n) is 3.04. The maximum Gasteiger partial charge on any atom is 0.265 e. The fraction of sp³-hybridized carbons (Fsp3) is 0.188. The van der Waals surface area contributed by atoms with E-state index in [1.807, 2.05) is 12.1 Å². The van der Waals surface area contributed by atoms with E-state index in [4.69, 9.17) is 4.74 Å². The second-order valence-electron chi connectivity index (χ2n) is 4.83. The average molecular weight is 429 g/mol. The van der Waals surface area contributed by atoms with Gasteiger partial charge in [0.25, 0.3) is 5.91 Å². The van der Waals surface area contributed by atoms with Gasteiger partial charge in [-0.2, -0.15) is 0 Å². The molecule has 22 heavy (non-hydrogen) atoms. The van der Waals surface area contributed by atoms with Crippen LogP contribution >= 0.6 is 31.9 Å². The predicted molar refractivity (Wildman–Crippen MR) is 93.4 cm³/mol. The highest BCUT2D eigenvalue weighted by atomic mass is 79.9. The van der Waals surface area contributed by atoms with Crippen LogP contribution < -0.4 is 10.1 Å². The summed E-state index contributed by atoms with van der Waals surface area (Å²) in [5.74, 6) is 0.428. The summed E-state index contributed by atoms with van der Waals surface area (Å²) < 4.78 is 7.32. The van der Waals surface area contributed by atoms with E-state index in [-0.39, 0.29) is 11.7 Å². The number of aromatic hydroxyl groups is 1. The van der Waals surface area contributed by atoms with Crippen LogP contribution in [0, 0.1) is 6.92 Å². The zero-order valence-electron chi connectivity index (χ0n) is 12.1. The predicted octanol–water partition coefficient (Wildman–Crippen LogP) is 4.63. The second kappa shape index (κ2) is 7.15. The minimum absolute atomic E-state index is 0.141. The van der Waals surface area contributed by atoms with Gasteiger partial charge in [-0.1, -0.05) is 22.0 Å². The highest BCUT2D eigenvalue weighted by Gasteiger charge is 2.16. The third-order valence-corrected chi connectivity index (χ3v) is 4.16. The first-order valence-corrected chi connectivity index (χ1v) is 8.17. The summed E-state index contributed by atoms with van der Waals surface area (Å²) in [4.78, 5) is 12.1. The number of hydrogen-bond donors (Lipinski definition) is 2. The molecule has 0 saturated carbocycles. The number of aryl methyl sites for hydroxylation is 1. The Balaban J connectivity index is 2.04. The van der Waals surface area contributed by atoms with Gasteiger partial charge in [0, 0.05) is 16.2 Å². The van der Waals surface area contributed by atoms with Crippen LogP contribution in [-0.2, 0) is 4.79 Å². The Labute approximate surface area is 145 Å². The Kier molecular flexibility index (Phi) is 5.47. The number of ether oxygens (including phenoxy) is 1. The standard InChI is InChI=1S/C16H15Br2NO3/c1-9-3-5-12(8-14(9)20)19-16(21)10(2)22-15-6-4-11(17)7-13(15)18/h3-8,10,20H,1-2H3,(H,19,21). The minimum atomic E-state index is -0.680. The van der Waals surface area contributed by atoms with Gasteiger partial charge in [-0.25, -0.2) is 0 Å². The van der Waals surface area contributed by atoms with Crippen molar-refractivity contribution in [2.75, 3.05) is 5.32 Å². The number of nitrogens with one attached hydrogen (secondary N) is 1. The molecule has 1 unspecified atom stereocenters. The van der Waals surface area contributed by atoms with Gasteiger partial charge in [-0.05, 0) is 59.6 Å². The second-order valence-corrected chi connectivity index (χ2v) is 6.60. The Morgan fingerprint density at radius 2 is 1.95 bits per heavy atom. The summed E-state index contributed by atoms with van der Waals surface area (Å²) in [5, 5.41) is 12.4. The number of hydrogen-bond acceptors (Lipinski definition) is 3. The van der Waals surface area contributed by atoms with Gasteiger partial charge in [0.1, 0.15) is 11.5 Å². The molecular formula is C16H15Br2NO3. The number of benzene rings is 2. The van der Waals surface area contributed by atoms with Gasteiger partial charge in [0.15, 0.2) is 6.10 Å². The number of halogens is 2. The number of carbonyl (C=O) groups is 1. The summed E-state index contributed by atoms with van der Waals surface area (Å²) in [6, 6.07) is 10.4. The van der Waals surface area contributed by atoms with Crippen molar-refractivity contribution in [1.29, 1.82) is 0 Å². The largest absolute Gasteiger partial charge is 0.508 e. The molecule has 4 nitrogen and oxygen atoms in total. The molecule has 0 fully saturated rings. The molecule has 0 bridgehead atoms. The number of amides is 1. The maximum absolute atomic E-state index is 12.1. The lowest BCUT2D eigenvalue weighted by Crippen LogP contribution is -2.30. The normalized spacial score (nSPS) is 11.8. The fourth-order valence-electron chi connectivity index (χ4n) is 1.75. The zero-order chi connectivity index (χ0) is 16.3. The molecule has 2 N–H and O–H groups in total. The molecule has 0 saturated heterocycles. The van der Waals surface area contributed by atoms with E-state index >= 15 is 0 Å². The van der Waals surface area contributed by atoms with E-state index in [2.05, 4.69) is 37.2 Å². The number of phenols is 1. The van der Waals surface area contributed by atoms with Crippen molar-refractivity contribution in [3.05, 3.63) is 50.9 Å². The van der Waals surface area contributed by atoms with Crippen LogP contribution in [0.2, 0.25) is 0 Å². The Bertz CT molecular complexity index is 704. The molecule has 2 aromatic rings. The highest BCUT2D eigenvalue weighted by Crippen LogP contribution is 2.29. The van der Waals surface area contributed by atoms with Gasteiger partial charge in [-0.3, -0.25) is 4.79 Å². The SMILES string of the molecule is Cc1ccc(NC(=O)C(C)Oc2ccc(Br)cc2Br)cc1O. The molecule has 0 aliphatic carbocycles. The minimum Gasteiger partial charge on any atom is -0.508 e. The zero-order valence-corrected chi connectivity index (χ0v) is 15.2. The molecule has 6 heteroatoms. The molecule has 116 valence electrons. The van der Waals surface area contributed by atoms with Gasteiger partial charge in [-0.15, -0.1) is 0 Å². The van der Waals surface area contributed by atoms with Crippen molar-refractivity contribution in [2.24, 2.45) is 0 Å². The smallest absolute Gasteiger partial charge is 0.265 e. The van der Waals surface area contributed by atoms with Crippen LogP contribution in [0.5, 0.6) is 11.5 Å². The van der Waals surface area contributed by atoms with Crippen LogP contribution in [0.4, 0.5) is 5.69 Å². The number of rotatable bonds is 4. The molecule has 0 aliphatic rings. The van der Waals surface area contributed by atoms with E-state index in [0.717, 1.165) is 14.5 Å². The lowest BCUT2D eigenvalue weighted by molar-refractivity contribution is -0.122. The highest BCUT2D eigenvalue weighted by molar-refractivity contribution is 9.11. The molecule has 2 rings (SSSR count). The Morgan fingerprint density at radius 3 is 2.59 bits per heavy atom. The maximum atomic E-state index is 12.1. The van der Waals surface area contributed by atoms with Crippen LogP contribution in [0.25, 0.3) is 0 Å². The van der Waals surface area contributed by atoms with Crippen LogP contribution in [0.3, 0.4) is 0 Å². The summed E-state index contributed by atoms with van der Waals surface area (Å²) in [7, 11) is 0. The molecule has 1 amide bonds. The van der Waals surface area contributed by atoms with Crippen molar-refractivity contribution in [3.8, 4) is 11.5 Å². The fourth-order valence-corrected chi connectivity index (χ4v) is 2.89. The van der Waals surface area contributed by atoms with Gasteiger partial charge < -0.3 is 15.2 Å². The molecule has 0 heterocycles. The van der Waals surface area contributed by atoms with Gasteiger partial charge in [0.05, 0.1) is 4.47 Å². The molecule has 1 atom stereocenters. The van der Waals surface area contributed by atoms with E-state index < -0.39 is 6.10 Å². The number of carbonyl (C=O) groups excluding carboxylic acids is 1. The average Bonchev–Trinajstić information content (AvgIpc) is 2.45. The first-order valence-electron chi connectivity index (χ1n) is 6.59.